The molecule has 0 unspecified atom stereocenters. The van der Waals surface area contributed by atoms with Crippen molar-refractivity contribution >= 4 is 43.1 Å². The normalized spacial score (nSPS) is 13.0. The molecule has 0 bridgehead atoms. The minimum atomic E-state index is -5.20. The summed E-state index contributed by atoms with van der Waals surface area (Å²) in [5.74, 6) is -1.54. The average molecular weight is 497 g/mol. The van der Waals surface area contributed by atoms with Crippen molar-refractivity contribution in [3.8, 4) is 0 Å². The molecule has 3 aromatic rings. The van der Waals surface area contributed by atoms with Crippen LogP contribution in [0.1, 0.15) is 31.8 Å². The van der Waals surface area contributed by atoms with Gasteiger partial charge in [-0.1, -0.05) is 42.5 Å². The van der Waals surface area contributed by atoms with Gasteiger partial charge in [-0.25, -0.2) is 16.8 Å². The largest absolute Gasteiger partial charge is 1.00 e. The van der Waals surface area contributed by atoms with Crippen LogP contribution in [0.5, 0.6) is 0 Å². The Balaban J connectivity index is 0.00000289. The molecule has 0 fully saturated rings. The maximum Gasteiger partial charge on any atom is 1.00 e. The molecule has 3 N–H and O–H groups in total. The summed E-state index contributed by atoms with van der Waals surface area (Å²) in [4.78, 5) is 25.0. The molecule has 3 aromatic carbocycles. The van der Waals surface area contributed by atoms with Gasteiger partial charge in [-0.15, -0.1) is 0 Å². The zero-order valence-electron chi connectivity index (χ0n) is 16.5. The number of carbonyl (C=O) groups excluding carboxylic acids is 2. The maximum absolute atomic E-state index is 13.1. The van der Waals surface area contributed by atoms with Crippen LogP contribution in [0, 0.1) is 0 Å². The van der Waals surface area contributed by atoms with Crippen LogP contribution in [0.3, 0.4) is 0 Å². The van der Waals surface area contributed by atoms with Gasteiger partial charge in [-0.2, -0.15) is 0 Å². The average Bonchev–Trinajstić information content (AvgIpc) is 2.72. The summed E-state index contributed by atoms with van der Waals surface area (Å²) in [6.07, 6.45) is 0. The molecule has 0 heterocycles. The number of nitrogens with one attached hydrogen (secondary N) is 1. The van der Waals surface area contributed by atoms with E-state index < -0.39 is 59.1 Å². The van der Waals surface area contributed by atoms with E-state index >= 15 is 0 Å². The van der Waals surface area contributed by atoms with Gasteiger partial charge in [0.2, 0.25) is 0 Å². The molecular formula is C20H13KN2O7S2. The van der Waals surface area contributed by atoms with Crippen LogP contribution in [-0.4, -0.2) is 33.0 Å². The van der Waals surface area contributed by atoms with Crippen molar-refractivity contribution in [2.24, 2.45) is 0 Å². The first kappa shape index (κ1) is 24.7. The summed E-state index contributed by atoms with van der Waals surface area (Å²) < 4.78 is 63.0. The number of rotatable bonds is 4. The van der Waals surface area contributed by atoms with Gasteiger partial charge in [-0.05, 0) is 18.2 Å². The van der Waals surface area contributed by atoms with Gasteiger partial charge in [0.05, 0.1) is 32.3 Å². The van der Waals surface area contributed by atoms with Crippen molar-refractivity contribution < 1.29 is 82.4 Å². The Hall–Kier alpha value is -1.90. The number of hydrogen-bond acceptors (Lipinski definition) is 8. The van der Waals surface area contributed by atoms with Crippen molar-refractivity contribution in [1.29, 1.82) is 0 Å². The van der Waals surface area contributed by atoms with Crippen molar-refractivity contribution in [2.75, 3.05) is 10.5 Å². The minimum Gasteiger partial charge on any atom is -0.744 e. The number of fused-ring (bicyclic) bond motifs is 2. The second-order valence-corrected chi connectivity index (χ2v) is 9.69. The van der Waals surface area contributed by atoms with Crippen molar-refractivity contribution in [3.63, 3.8) is 0 Å². The molecule has 158 valence electrons. The molecule has 9 nitrogen and oxygen atoms in total. The number of anilines is 2. The molecule has 0 spiro atoms. The summed E-state index contributed by atoms with van der Waals surface area (Å²) >= 11 is 0. The topological polar surface area (TPSA) is 164 Å². The Kier molecular flexibility index (Phi) is 6.80. The summed E-state index contributed by atoms with van der Waals surface area (Å²) in [5.41, 5.74) is 3.58. The van der Waals surface area contributed by atoms with Gasteiger partial charge < -0.3 is 10.3 Å². The number of carbonyl (C=O) groups is 2. The number of ketones is 2. The maximum atomic E-state index is 13.1. The van der Waals surface area contributed by atoms with Gasteiger partial charge in [-0.3, -0.25) is 14.3 Å². The molecule has 0 saturated carbocycles. The van der Waals surface area contributed by atoms with E-state index in [1.54, 1.807) is 6.07 Å². The molecule has 0 amide bonds. The number of sulfonamides is 1. The van der Waals surface area contributed by atoms with Gasteiger partial charge in [0.15, 0.2) is 11.6 Å². The third kappa shape index (κ3) is 4.20. The van der Waals surface area contributed by atoms with Crippen molar-refractivity contribution in [2.45, 2.75) is 9.79 Å². The second kappa shape index (κ2) is 8.80. The van der Waals surface area contributed by atoms with Gasteiger partial charge in [0, 0.05) is 11.1 Å². The standard InChI is InChI=1S/C20H14N2O7S2.K/c21-18-15(31(27,28)29)10-14(22-30(25,26)11-6-2-1-3-7-11)16-17(18)20(24)13-9-5-4-8-12(13)19(16)23;/h1-10,22H,21H2,(H,27,28,29);/q;+1/p-1. The third-order valence-electron chi connectivity index (χ3n) is 4.77. The van der Waals surface area contributed by atoms with E-state index in [0.717, 1.165) is 0 Å². The van der Waals surface area contributed by atoms with E-state index in [0.29, 0.717) is 6.07 Å². The molecular weight excluding hydrogens is 483 g/mol. The van der Waals surface area contributed by atoms with Crippen LogP contribution < -0.4 is 61.8 Å². The van der Waals surface area contributed by atoms with Crippen LogP contribution in [0.4, 0.5) is 11.4 Å². The van der Waals surface area contributed by atoms with Gasteiger partial charge >= 0.3 is 51.4 Å². The molecule has 0 atom stereocenters. The fourth-order valence-electron chi connectivity index (χ4n) is 3.38. The SMILES string of the molecule is Nc1c(S(=O)(=O)[O-])cc(NS(=O)(=O)c2ccccc2)c2c1C(=O)c1ccccc1C2=O.[K+]. The molecule has 12 heteroatoms. The summed E-state index contributed by atoms with van der Waals surface area (Å²) in [6.45, 7) is 0. The Morgan fingerprint density at radius 3 is 1.81 bits per heavy atom. The van der Waals surface area contributed by atoms with E-state index in [1.807, 2.05) is 0 Å². The zero-order valence-corrected chi connectivity index (χ0v) is 21.3. The smallest absolute Gasteiger partial charge is 0.744 e. The Labute approximate surface area is 226 Å². The van der Waals surface area contributed by atoms with Crippen molar-refractivity contribution in [1.82, 2.24) is 0 Å². The Morgan fingerprint density at radius 2 is 1.28 bits per heavy atom. The van der Waals surface area contributed by atoms with Crippen LogP contribution in [0.2, 0.25) is 0 Å². The molecule has 0 radical (unpaired) electrons. The number of nitrogens with two attached hydrogens (primary N) is 1. The molecule has 0 aliphatic heterocycles. The summed E-state index contributed by atoms with van der Waals surface area (Å²) in [5, 5.41) is 0. The Morgan fingerprint density at radius 1 is 0.781 bits per heavy atom. The monoisotopic (exact) mass is 496 g/mol. The van der Waals surface area contributed by atoms with Crippen LogP contribution >= 0.6 is 0 Å². The van der Waals surface area contributed by atoms with E-state index in [4.69, 9.17) is 5.73 Å². The van der Waals surface area contributed by atoms with Crippen molar-refractivity contribution in [3.05, 3.63) is 82.9 Å². The summed E-state index contributed by atoms with van der Waals surface area (Å²) in [7, 11) is -9.49. The first-order valence-corrected chi connectivity index (χ1v) is 11.6. The number of nitrogen functional groups attached to an aromatic ring is 1. The molecule has 1 aliphatic rings. The first-order chi connectivity index (χ1) is 14.5. The van der Waals surface area contributed by atoms with E-state index in [2.05, 4.69) is 4.72 Å². The quantitative estimate of drug-likeness (QED) is 0.201. The molecule has 0 aromatic heterocycles. The molecule has 4 rings (SSSR count). The molecule has 1 aliphatic carbocycles. The molecule has 32 heavy (non-hydrogen) atoms. The molecule has 0 saturated heterocycles. The predicted molar refractivity (Wildman–Crippen MR) is 109 cm³/mol. The van der Waals surface area contributed by atoms with E-state index in [-0.39, 0.29) is 67.4 Å². The predicted octanol–water partition coefficient (Wildman–Crippen LogP) is -1.25. The van der Waals surface area contributed by atoms with Crippen LogP contribution in [0.25, 0.3) is 0 Å². The minimum absolute atomic E-state index is 0. The van der Waals surface area contributed by atoms with Crippen LogP contribution in [0.15, 0.2) is 70.5 Å². The van der Waals surface area contributed by atoms with E-state index in [1.165, 1.54) is 48.5 Å². The van der Waals surface area contributed by atoms with E-state index in [9.17, 15) is 31.0 Å². The zero-order chi connectivity index (χ0) is 22.6. The van der Waals surface area contributed by atoms with Crippen LogP contribution in [-0.2, 0) is 20.1 Å². The number of hydrogen-bond donors (Lipinski definition) is 2. The van der Waals surface area contributed by atoms with Gasteiger partial charge in [0.25, 0.3) is 10.0 Å². The fraction of sp³-hybridized carbons (Fsp3) is 0. The number of benzene rings is 3. The second-order valence-electron chi connectivity index (χ2n) is 6.66. The Bertz CT molecular complexity index is 1490. The first-order valence-electron chi connectivity index (χ1n) is 8.71. The van der Waals surface area contributed by atoms with Gasteiger partial charge in [0.1, 0.15) is 10.1 Å². The fourth-order valence-corrected chi connectivity index (χ4v) is 5.10. The summed E-state index contributed by atoms with van der Waals surface area (Å²) in [6, 6.07) is 13.5. The third-order valence-corrected chi connectivity index (χ3v) is 7.03.